The smallest absolute Gasteiger partial charge is 0.227 e. The average molecular weight is 682 g/mol. The maximum Gasteiger partial charge on any atom is 0.227 e. The summed E-state index contributed by atoms with van der Waals surface area (Å²) in [5.74, 6) is 0.603. The van der Waals surface area contributed by atoms with E-state index in [-0.39, 0.29) is 0 Å². The summed E-state index contributed by atoms with van der Waals surface area (Å²) >= 11 is 0. The molecule has 4 nitrogen and oxygen atoms in total. The molecule has 0 saturated carbocycles. The monoisotopic (exact) mass is 681 g/mol. The fourth-order valence-electron chi connectivity index (χ4n) is 6.87. The van der Waals surface area contributed by atoms with Gasteiger partial charge in [-0.25, -0.2) is 4.98 Å². The number of oxazole rings is 1. The molecule has 0 unspecified atom stereocenters. The second-order valence-electron chi connectivity index (χ2n) is 12.9. The zero-order valence-electron chi connectivity index (χ0n) is 29.0. The van der Waals surface area contributed by atoms with Crippen molar-refractivity contribution in [3.05, 3.63) is 212 Å². The molecular weight excluding hydrogens is 647 g/mol. The van der Waals surface area contributed by atoms with Crippen LogP contribution in [0.25, 0.3) is 44.8 Å². The fourth-order valence-corrected chi connectivity index (χ4v) is 6.87. The van der Waals surface area contributed by atoms with Crippen LogP contribution in [0.2, 0.25) is 0 Å². The summed E-state index contributed by atoms with van der Waals surface area (Å²) in [6.45, 7) is 0. The Kier molecular flexibility index (Phi) is 8.53. The molecule has 0 fully saturated rings. The largest absolute Gasteiger partial charge is 0.436 e. The Bertz CT molecular complexity index is 2510. The lowest BCUT2D eigenvalue weighted by atomic mass is 10.0. The van der Waals surface area contributed by atoms with Crippen molar-refractivity contribution in [1.29, 1.82) is 0 Å². The number of aromatic nitrogens is 1. The zero-order valence-corrected chi connectivity index (χ0v) is 29.0. The van der Waals surface area contributed by atoms with Crippen LogP contribution >= 0.6 is 0 Å². The summed E-state index contributed by atoms with van der Waals surface area (Å²) in [5, 5.41) is 0. The molecule has 1 heterocycles. The molecule has 0 N–H and O–H groups in total. The number of hydrogen-bond acceptors (Lipinski definition) is 4. The van der Waals surface area contributed by atoms with E-state index in [9.17, 15) is 0 Å². The molecule has 0 saturated heterocycles. The third kappa shape index (κ3) is 6.58. The molecule has 0 aliphatic heterocycles. The molecule has 9 rings (SSSR count). The van der Waals surface area contributed by atoms with Crippen LogP contribution in [-0.4, -0.2) is 4.98 Å². The first-order valence-corrected chi connectivity index (χ1v) is 17.8. The van der Waals surface area contributed by atoms with Gasteiger partial charge in [0.2, 0.25) is 5.89 Å². The highest BCUT2D eigenvalue weighted by Crippen LogP contribution is 2.38. The van der Waals surface area contributed by atoms with Gasteiger partial charge in [0, 0.05) is 39.7 Å². The molecule has 0 aliphatic carbocycles. The lowest BCUT2D eigenvalue weighted by molar-refractivity contribution is 0.620. The Morgan fingerprint density at radius 3 is 1.13 bits per heavy atom. The minimum absolute atomic E-state index is 0.603. The topological polar surface area (TPSA) is 32.5 Å². The van der Waals surface area contributed by atoms with Gasteiger partial charge in [-0.1, -0.05) is 115 Å². The number of benzene rings is 8. The first-order chi connectivity index (χ1) is 26.3. The van der Waals surface area contributed by atoms with Crippen molar-refractivity contribution in [2.45, 2.75) is 0 Å². The van der Waals surface area contributed by atoms with Crippen molar-refractivity contribution in [2.75, 3.05) is 9.80 Å². The van der Waals surface area contributed by atoms with Crippen molar-refractivity contribution in [3.8, 4) is 33.7 Å². The standard InChI is InChI=1S/C49H35N3O/c1-5-16-41(17-6-1)51(42-18-7-2-8-19-42)45-29-24-36(25-30-45)38-14-13-15-40(34-38)49-50-47-33-28-39(35-48(47)53-49)37-26-31-46(32-27-37)52(43-20-9-3-10-21-43)44-22-11-4-12-23-44/h1-35H. The van der Waals surface area contributed by atoms with Gasteiger partial charge in [-0.3, -0.25) is 0 Å². The minimum atomic E-state index is 0.603. The highest BCUT2D eigenvalue weighted by atomic mass is 16.3. The van der Waals surface area contributed by atoms with Gasteiger partial charge < -0.3 is 14.2 Å². The van der Waals surface area contributed by atoms with Crippen LogP contribution in [-0.2, 0) is 0 Å². The molecular formula is C49H35N3O. The van der Waals surface area contributed by atoms with E-state index in [0.717, 1.165) is 73.0 Å². The number of fused-ring (bicyclic) bond motifs is 1. The summed E-state index contributed by atoms with van der Waals surface area (Å²) in [7, 11) is 0. The quantitative estimate of drug-likeness (QED) is 0.152. The summed E-state index contributed by atoms with van der Waals surface area (Å²) < 4.78 is 6.41. The molecule has 53 heavy (non-hydrogen) atoms. The molecule has 0 aliphatic rings. The molecule has 0 atom stereocenters. The van der Waals surface area contributed by atoms with Gasteiger partial charge in [0.1, 0.15) is 5.52 Å². The second-order valence-corrected chi connectivity index (χ2v) is 12.9. The Morgan fingerprint density at radius 1 is 0.302 bits per heavy atom. The predicted molar refractivity (Wildman–Crippen MR) is 220 cm³/mol. The van der Waals surface area contributed by atoms with Crippen LogP contribution in [0.5, 0.6) is 0 Å². The third-order valence-corrected chi connectivity index (χ3v) is 9.47. The van der Waals surface area contributed by atoms with E-state index >= 15 is 0 Å². The lowest BCUT2D eigenvalue weighted by Gasteiger charge is -2.25. The van der Waals surface area contributed by atoms with Crippen molar-refractivity contribution < 1.29 is 4.42 Å². The maximum atomic E-state index is 6.41. The molecule has 0 amide bonds. The molecule has 0 spiro atoms. The third-order valence-electron chi connectivity index (χ3n) is 9.47. The summed E-state index contributed by atoms with van der Waals surface area (Å²) in [4.78, 5) is 9.42. The van der Waals surface area contributed by atoms with Crippen molar-refractivity contribution in [1.82, 2.24) is 4.98 Å². The predicted octanol–water partition coefficient (Wildman–Crippen LogP) is 13.8. The Morgan fingerprint density at radius 2 is 0.679 bits per heavy atom. The summed E-state index contributed by atoms with van der Waals surface area (Å²) in [6.07, 6.45) is 0. The fraction of sp³-hybridized carbons (Fsp3) is 0. The molecule has 8 aromatic carbocycles. The zero-order chi connectivity index (χ0) is 35.4. The molecule has 4 heteroatoms. The van der Waals surface area contributed by atoms with Crippen LogP contribution < -0.4 is 9.80 Å². The van der Waals surface area contributed by atoms with E-state index in [2.05, 4.69) is 192 Å². The van der Waals surface area contributed by atoms with Crippen molar-refractivity contribution in [2.24, 2.45) is 0 Å². The Hall–Kier alpha value is -7.17. The van der Waals surface area contributed by atoms with E-state index in [1.54, 1.807) is 0 Å². The van der Waals surface area contributed by atoms with E-state index in [0.29, 0.717) is 5.89 Å². The van der Waals surface area contributed by atoms with Crippen molar-refractivity contribution >= 4 is 45.2 Å². The number of anilines is 6. The number of para-hydroxylation sites is 4. The van der Waals surface area contributed by atoms with E-state index in [1.807, 2.05) is 30.3 Å². The van der Waals surface area contributed by atoms with E-state index < -0.39 is 0 Å². The van der Waals surface area contributed by atoms with Gasteiger partial charge in [-0.05, 0) is 119 Å². The normalized spacial score (nSPS) is 11.0. The molecule has 9 aromatic rings. The van der Waals surface area contributed by atoms with Crippen LogP contribution in [0.1, 0.15) is 0 Å². The Balaban J connectivity index is 0.975. The summed E-state index contributed by atoms with van der Waals surface area (Å²) in [6, 6.07) is 73.8. The first kappa shape index (κ1) is 31.8. The lowest BCUT2D eigenvalue weighted by Crippen LogP contribution is -2.09. The van der Waals surface area contributed by atoms with Gasteiger partial charge in [-0.2, -0.15) is 0 Å². The van der Waals surface area contributed by atoms with Crippen LogP contribution in [0.4, 0.5) is 34.1 Å². The molecule has 0 bridgehead atoms. The van der Waals surface area contributed by atoms with Crippen LogP contribution in [0.3, 0.4) is 0 Å². The summed E-state index contributed by atoms with van der Waals surface area (Å²) in [5.41, 5.74) is 13.6. The SMILES string of the molecule is c1ccc(N(c2ccccc2)c2ccc(-c3cccc(-c4nc5ccc(-c6ccc(N(c7ccccc7)c7ccccc7)cc6)cc5o4)c3)cc2)cc1. The van der Waals surface area contributed by atoms with E-state index in [4.69, 9.17) is 9.40 Å². The van der Waals surface area contributed by atoms with Gasteiger partial charge in [0.05, 0.1) is 0 Å². The first-order valence-electron chi connectivity index (χ1n) is 17.8. The number of rotatable bonds is 9. The highest BCUT2D eigenvalue weighted by molar-refractivity contribution is 5.85. The number of nitrogens with zero attached hydrogens (tertiary/aromatic N) is 3. The van der Waals surface area contributed by atoms with Gasteiger partial charge in [0.15, 0.2) is 5.58 Å². The molecule has 0 radical (unpaired) electrons. The molecule has 252 valence electrons. The van der Waals surface area contributed by atoms with E-state index in [1.165, 1.54) is 0 Å². The number of hydrogen-bond donors (Lipinski definition) is 0. The average Bonchev–Trinajstić information content (AvgIpc) is 3.67. The second kappa shape index (κ2) is 14.2. The van der Waals surface area contributed by atoms with Crippen LogP contribution in [0.15, 0.2) is 217 Å². The van der Waals surface area contributed by atoms with Gasteiger partial charge >= 0.3 is 0 Å². The molecule has 1 aromatic heterocycles. The highest BCUT2D eigenvalue weighted by Gasteiger charge is 2.15. The Labute approximate surface area is 309 Å². The minimum Gasteiger partial charge on any atom is -0.436 e. The van der Waals surface area contributed by atoms with Gasteiger partial charge in [0.25, 0.3) is 0 Å². The maximum absolute atomic E-state index is 6.41. The van der Waals surface area contributed by atoms with Crippen LogP contribution in [0, 0.1) is 0 Å². The van der Waals surface area contributed by atoms with Gasteiger partial charge in [-0.15, -0.1) is 0 Å². The van der Waals surface area contributed by atoms with Crippen molar-refractivity contribution in [3.63, 3.8) is 0 Å².